The summed E-state index contributed by atoms with van der Waals surface area (Å²) in [5.74, 6) is -0.158. The minimum absolute atomic E-state index is 0.146. The van der Waals surface area contributed by atoms with E-state index in [1.807, 2.05) is 0 Å². The fourth-order valence-corrected chi connectivity index (χ4v) is 2.49. The first-order chi connectivity index (χ1) is 9.42. The third-order valence-corrected chi connectivity index (χ3v) is 3.95. The average Bonchev–Trinajstić information content (AvgIpc) is 2.41. The predicted molar refractivity (Wildman–Crippen MR) is 77.0 cm³/mol. The van der Waals surface area contributed by atoms with Crippen LogP contribution in [0.25, 0.3) is 0 Å². The van der Waals surface area contributed by atoms with Crippen molar-refractivity contribution in [3.8, 4) is 0 Å². The summed E-state index contributed by atoms with van der Waals surface area (Å²) in [7, 11) is -1.60. The number of ether oxygens (including phenoxy) is 1. The zero-order valence-electron chi connectivity index (χ0n) is 12.3. The zero-order valence-corrected chi connectivity index (χ0v) is 13.1. The number of hydrogen-bond donors (Lipinski definition) is 1. The van der Waals surface area contributed by atoms with Gasteiger partial charge in [-0.1, -0.05) is 0 Å². The van der Waals surface area contributed by atoms with Gasteiger partial charge in [-0.15, -0.1) is 0 Å². The molecule has 0 bridgehead atoms. The monoisotopic (exact) mass is 307 g/mol. The molecule has 0 spiro atoms. The van der Waals surface area contributed by atoms with Gasteiger partial charge in [0.05, 0.1) is 12.8 Å². The van der Waals surface area contributed by atoms with Crippen molar-refractivity contribution in [3.05, 3.63) is 0 Å². The number of hydrogen-bond acceptors (Lipinski definition) is 5. The summed E-state index contributed by atoms with van der Waals surface area (Å²) in [5.41, 5.74) is 0. The lowest BCUT2D eigenvalue weighted by atomic mass is 10.2. The molecular formula is C12H25N3O4S. The Labute approximate surface area is 121 Å². The molecule has 20 heavy (non-hydrogen) atoms. The van der Waals surface area contributed by atoms with E-state index >= 15 is 0 Å². The van der Waals surface area contributed by atoms with Crippen molar-refractivity contribution < 1.29 is 17.9 Å². The van der Waals surface area contributed by atoms with Crippen LogP contribution in [0.5, 0.6) is 0 Å². The van der Waals surface area contributed by atoms with Crippen LogP contribution in [0.1, 0.15) is 12.8 Å². The van der Waals surface area contributed by atoms with Gasteiger partial charge in [0.15, 0.2) is 0 Å². The molecule has 7 nitrogen and oxygen atoms in total. The Morgan fingerprint density at radius 2 is 1.85 bits per heavy atom. The Morgan fingerprint density at radius 1 is 1.20 bits per heavy atom. The highest BCUT2D eigenvalue weighted by Crippen LogP contribution is 2.04. The molecule has 118 valence electrons. The second-order valence-corrected chi connectivity index (χ2v) is 6.85. The lowest BCUT2D eigenvalue weighted by Crippen LogP contribution is -2.51. The second kappa shape index (κ2) is 8.56. The molecule has 1 fully saturated rings. The SMILES string of the molecule is COCCCCN1CCN(C(=O)CNS(C)(=O)=O)CC1. The fourth-order valence-electron chi connectivity index (χ4n) is 2.11. The Morgan fingerprint density at radius 3 is 2.40 bits per heavy atom. The quantitative estimate of drug-likeness (QED) is 0.588. The van der Waals surface area contributed by atoms with Crippen molar-refractivity contribution in [1.29, 1.82) is 0 Å². The normalized spacial score (nSPS) is 17.4. The molecule has 1 aliphatic heterocycles. The van der Waals surface area contributed by atoms with Crippen LogP contribution in [0.15, 0.2) is 0 Å². The second-order valence-electron chi connectivity index (χ2n) is 5.02. The highest BCUT2D eigenvalue weighted by atomic mass is 32.2. The molecule has 1 aliphatic rings. The summed E-state index contributed by atoms with van der Waals surface area (Å²) >= 11 is 0. The van der Waals surface area contributed by atoms with Gasteiger partial charge < -0.3 is 9.64 Å². The molecule has 0 aromatic rings. The lowest BCUT2D eigenvalue weighted by Gasteiger charge is -2.34. The van der Waals surface area contributed by atoms with Gasteiger partial charge in [-0.3, -0.25) is 9.69 Å². The summed E-state index contributed by atoms with van der Waals surface area (Å²) in [6.07, 6.45) is 3.20. The minimum atomic E-state index is -3.31. The number of carbonyl (C=O) groups is 1. The number of carbonyl (C=O) groups excluding carboxylic acids is 1. The molecule has 0 aliphatic carbocycles. The van der Waals surface area contributed by atoms with E-state index < -0.39 is 10.0 Å². The Bertz CT molecular complexity index is 392. The molecule has 1 amide bonds. The van der Waals surface area contributed by atoms with Gasteiger partial charge in [0, 0.05) is 39.9 Å². The fraction of sp³-hybridized carbons (Fsp3) is 0.917. The number of amides is 1. The van der Waals surface area contributed by atoms with Crippen LogP contribution in [0.4, 0.5) is 0 Å². The maximum Gasteiger partial charge on any atom is 0.237 e. The molecule has 0 atom stereocenters. The van der Waals surface area contributed by atoms with Gasteiger partial charge in [-0.25, -0.2) is 13.1 Å². The van der Waals surface area contributed by atoms with Crippen molar-refractivity contribution in [2.24, 2.45) is 0 Å². The van der Waals surface area contributed by atoms with Gasteiger partial charge in [-0.05, 0) is 19.4 Å². The molecule has 1 heterocycles. The number of nitrogens with zero attached hydrogens (tertiary/aromatic N) is 2. The van der Waals surface area contributed by atoms with Crippen LogP contribution >= 0.6 is 0 Å². The molecular weight excluding hydrogens is 282 g/mol. The van der Waals surface area contributed by atoms with E-state index in [1.165, 1.54) is 0 Å². The van der Waals surface area contributed by atoms with E-state index in [2.05, 4.69) is 9.62 Å². The third kappa shape index (κ3) is 7.18. The van der Waals surface area contributed by atoms with Crippen molar-refractivity contribution in [1.82, 2.24) is 14.5 Å². The van der Waals surface area contributed by atoms with E-state index in [1.54, 1.807) is 12.0 Å². The van der Waals surface area contributed by atoms with Crippen LogP contribution in [-0.2, 0) is 19.6 Å². The molecule has 1 saturated heterocycles. The first-order valence-corrected chi connectivity index (χ1v) is 8.75. The Balaban J connectivity index is 2.19. The van der Waals surface area contributed by atoms with E-state index in [9.17, 15) is 13.2 Å². The smallest absolute Gasteiger partial charge is 0.237 e. The van der Waals surface area contributed by atoms with Gasteiger partial charge >= 0.3 is 0 Å². The van der Waals surface area contributed by atoms with E-state index in [0.717, 1.165) is 45.3 Å². The van der Waals surface area contributed by atoms with E-state index in [0.29, 0.717) is 13.1 Å². The van der Waals surface area contributed by atoms with Crippen LogP contribution < -0.4 is 4.72 Å². The van der Waals surface area contributed by atoms with Gasteiger partial charge in [-0.2, -0.15) is 0 Å². The number of sulfonamides is 1. The summed E-state index contributed by atoms with van der Waals surface area (Å²) in [5, 5.41) is 0. The molecule has 0 saturated carbocycles. The number of piperazine rings is 1. The molecule has 0 unspecified atom stereocenters. The van der Waals surface area contributed by atoms with E-state index in [4.69, 9.17) is 4.74 Å². The Kier molecular flexibility index (Phi) is 7.42. The maximum absolute atomic E-state index is 11.8. The summed E-state index contributed by atoms with van der Waals surface area (Å²) in [4.78, 5) is 15.8. The Hall–Kier alpha value is -0.700. The van der Waals surface area contributed by atoms with Crippen molar-refractivity contribution in [2.45, 2.75) is 12.8 Å². The summed E-state index contributed by atoms with van der Waals surface area (Å²) in [6.45, 7) is 4.67. The molecule has 8 heteroatoms. The van der Waals surface area contributed by atoms with E-state index in [-0.39, 0.29) is 12.5 Å². The highest BCUT2D eigenvalue weighted by molar-refractivity contribution is 7.88. The molecule has 1 rings (SSSR count). The largest absolute Gasteiger partial charge is 0.385 e. The molecule has 0 aromatic carbocycles. The topological polar surface area (TPSA) is 79.0 Å². The highest BCUT2D eigenvalue weighted by Gasteiger charge is 2.21. The lowest BCUT2D eigenvalue weighted by molar-refractivity contribution is -0.131. The van der Waals surface area contributed by atoms with Crippen LogP contribution in [0, 0.1) is 0 Å². The van der Waals surface area contributed by atoms with Crippen molar-refractivity contribution >= 4 is 15.9 Å². The number of methoxy groups -OCH3 is 1. The van der Waals surface area contributed by atoms with Crippen LogP contribution in [0.2, 0.25) is 0 Å². The molecule has 0 aromatic heterocycles. The number of rotatable bonds is 8. The third-order valence-electron chi connectivity index (χ3n) is 3.28. The first kappa shape index (κ1) is 17.4. The summed E-state index contributed by atoms with van der Waals surface area (Å²) in [6, 6.07) is 0. The standard InChI is InChI=1S/C12H25N3O4S/c1-19-10-4-3-5-14-6-8-15(9-7-14)12(16)11-13-20(2,17)18/h13H,3-11H2,1-2H3. The van der Waals surface area contributed by atoms with Crippen molar-refractivity contribution in [3.63, 3.8) is 0 Å². The van der Waals surface area contributed by atoms with Crippen LogP contribution in [-0.4, -0.2) is 83.4 Å². The zero-order chi connectivity index (χ0) is 15.0. The number of nitrogens with one attached hydrogen (secondary N) is 1. The van der Waals surface area contributed by atoms with Crippen molar-refractivity contribution in [2.75, 3.05) is 59.2 Å². The van der Waals surface area contributed by atoms with Gasteiger partial charge in [0.2, 0.25) is 15.9 Å². The van der Waals surface area contributed by atoms with Gasteiger partial charge in [0.25, 0.3) is 0 Å². The minimum Gasteiger partial charge on any atom is -0.385 e. The molecule has 1 N–H and O–H groups in total. The average molecular weight is 307 g/mol. The number of unbranched alkanes of at least 4 members (excludes halogenated alkanes) is 1. The molecule has 0 radical (unpaired) electrons. The van der Waals surface area contributed by atoms with Gasteiger partial charge in [0.1, 0.15) is 0 Å². The predicted octanol–water partition coefficient (Wildman–Crippen LogP) is -0.894. The first-order valence-electron chi connectivity index (χ1n) is 6.86. The maximum atomic E-state index is 11.8. The van der Waals surface area contributed by atoms with Crippen LogP contribution in [0.3, 0.4) is 0 Å². The summed E-state index contributed by atoms with van der Waals surface area (Å²) < 4.78 is 29.1.